The second-order valence-electron chi connectivity index (χ2n) is 12.2. The van der Waals surface area contributed by atoms with Crippen molar-refractivity contribution in [2.75, 3.05) is 13.2 Å². The number of rotatable bonds is 17. The van der Waals surface area contributed by atoms with Crippen LogP contribution in [0.3, 0.4) is 0 Å². The Morgan fingerprint density at radius 3 is 1.77 bits per heavy atom. The number of aryl methyl sites for hydroxylation is 4. The summed E-state index contributed by atoms with van der Waals surface area (Å²) < 4.78 is 10.8. The lowest BCUT2D eigenvalue weighted by Crippen LogP contribution is -2.30. The summed E-state index contributed by atoms with van der Waals surface area (Å²) in [6, 6.07) is 22.3. The summed E-state index contributed by atoms with van der Waals surface area (Å²) in [4.78, 5) is 24.3. The molecule has 0 aliphatic rings. The van der Waals surface area contributed by atoms with Crippen molar-refractivity contribution in [2.24, 2.45) is 5.92 Å². The van der Waals surface area contributed by atoms with Gasteiger partial charge < -0.3 is 14.6 Å². The average Bonchev–Trinajstić information content (AvgIpc) is 2.98. The van der Waals surface area contributed by atoms with E-state index in [9.17, 15) is 14.7 Å². The molecule has 0 aliphatic carbocycles. The van der Waals surface area contributed by atoms with Gasteiger partial charge in [-0.25, -0.2) is 9.59 Å². The predicted molar refractivity (Wildman–Crippen MR) is 175 cm³/mol. The van der Waals surface area contributed by atoms with Gasteiger partial charge in [-0.1, -0.05) is 93.6 Å². The lowest BCUT2D eigenvalue weighted by atomic mass is 9.97. The first kappa shape index (κ1) is 33.8. The molecule has 1 atom stereocenters. The molecule has 3 aromatic rings. The fourth-order valence-corrected chi connectivity index (χ4v) is 4.83. The Morgan fingerprint density at radius 1 is 0.744 bits per heavy atom. The normalized spacial score (nSPS) is 12.1. The summed E-state index contributed by atoms with van der Waals surface area (Å²) in [6.07, 6.45) is 8.26. The van der Waals surface area contributed by atoms with Crippen molar-refractivity contribution in [1.82, 2.24) is 0 Å². The zero-order valence-corrected chi connectivity index (χ0v) is 26.4. The largest absolute Gasteiger partial charge is 0.462 e. The molecule has 0 spiro atoms. The maximum atomic E-state index is 12.3. The lowest BCUT2D eigenvalue weighted by Gasteiger charge is -2.21. The molecule has 230 valence electrons. The highest BCUT2D eigenvalue weighted by Gasteiger charge is 2.26. The SMILES string of the molecule is C=C(C)C(=O)OCC(CCc1ccc(CCc2ccc3cc(CCCCC)ccc3c2)cc1)COC(=O)C(=C)C(C)(C)O. The minimum absolute atomic E-state index is 0.0172. The van der Waals surface area contributed by atoms with Crippen LogP contribution in [0.15, 0.2) is 85.0 Å². The first-order chi connectivity index (χ1) is 20.5. The van der Waals surface area contributed by atoms with Crippen molar-refractivity contribution >= 4 is 22.7 Å². The van der Waals surface area contributed by atoms with Gasteiger partial charge in [-0.3, -0.25) is 0 Å². The van der Waals surface area contributed by atoms with Gasteiger partial charge in [0, 0.05) is 11.5 Å². The molecular weight excluding hydrogens is 536 g/mol. The van der Waals surface area contributed by atoms with Crippen molar-refractivity contribution in [2.45, 2.75) is 84.7 Å². The van der Waals surface area contributed by atoms with E-state index in [0.29, 0.717) is 12.0 Å². The number of aliphatic hydroxyl groups is 1. The van der Waals surface area contributed by atoms with Crippen LogP contribution in [0.5, 0.6) is 0 Å². The molecule has 3 rings (SSSR count). The van der Waals surface area contributed by atoms with Crippen LogP contribution < -0.4 is 0 Å². The van der Waals surface area contributed by atoms with Crippen LogP contribution in [0.25, 0.3) is 10.8 Å². The van der Waals surface area contributed by atoms with Gasteiger partial charge in [0.1, 0.15) is 0 Å². The number of ether oxygens (including phenoxy) is 2. The number of benzene rings is 3. The van der Waals surface area contributed by atoms with Crippen molar-refractivity contribution < 1.29 is 24.2 Å². The molecule has 1 unspecified atom stereocenters. The van der Waals surface area contributed by atoms with Crippen molar-refractivity contribution in [3.8, 4) is 0 Å². The van der Waals surface area contributed by atoms with E-state index in [1.165, 1.54) is 60.6 Å². The number of fused-ring (bicyclic) bond motifs is 1. The summed E-state index contributed by atoms with van der Waals surface area (Å²) in [5.74, 6) is -1.34. The Morgan fingerprint density at radius 2 is 1.23 bits per heavy atom. The zero-order valence-electron chi connectivity index (χ0n) is 26.4. The fourth-order valence-electron chi connectivity index (χ4n) is 4.83. The standard InChI is InChI=1S/C38H48O5/c1-7-8-9-10-31-19-21-35-24-32(20-22-34(35)23-31)17-15-29-11-13-30(14-12-29)16-18-33(25-42-36(39)27(2)3)26-43-37(40)28(4)38(5,6)41/h11-14,19-24,33,41H,2,4,7-10,15-18,25-26H2,1,3,5-6H3. The maximum absolute atomic E-state index is 12.3. The lowest BCUT2D eigenvalue weighted by molar-refractivity contribution is -0.145. The Labute approximate surface area is 257 Å². The van der Waals surface area contributed by atoms with E-state index in [1.807, 2.05) is 0 Å². The monoisotopic (exact) mass is 584 g/mol. The van der Waals surface area contributed by atoms with Crippen LogP contribution in [0.2, 0.25) is 0 Å². The first-order valence-electron chi connectivity index (χ1n) is 15.5. The third-order valence-electron chi connectivity index (χ3n) is 7.84. The highest BCUT2D eigenvalue weighted by atomic mass is 16.5. The van der Waals surface area contributed by atoms with Gasteiger partial charge in [0.15, 0.2) is 0 Å². The van der Waals surface area contributed by atoms with Gasteiger partial charge in [-0.15, -0.1) is 0 Å². The van der Waals surface area contributed by atoms with E-state index in [0.717, 1.165) is 31.2 Å². The third kappa shape index (κ3) is 11.1. The fraction of sp³-hybridized carbons (Fsp3) is 0.421. The van der Waals surface area contributed by atoms with E-state index in [-0.39, 0.29) is 24.7 Å². The second-order valence-corrected chi connectivity index (χ2v) is 12.2. The van der Waals surface area contributed by atoms with Crippen molar-refractivity contribution in [3.63, 3.8) is 0 Å². The van der Waals surface area contributed by atoms with Crippen LogP contribution in [0.4, 0.5) is 0 Å². The topological polar surface area (TPSA) is 72.8 Å². The van der Waals surface area contributed by atoms with Gasteiger partial charge in [-0.2, -0.15) is 0 Å². The minimum Gasteiger partial charge on any atom is -0.462 e. The van der Waals surface area contributed by atoms with E-state index < -0.39 is 17.5 Å². The molecule has 3 aromatic carbocycles. The number of carbonyl (C=O) groups is 2. The molecule has 5 nitrogen and oxygen atoms in total. The molecule has 0 aliphatic heterocycles. The molecule has 0 aromatic heterocycles. The highest BCUT2D eigenvalue weighted by Crippen LogP contribution is 2.21. The Balaban J connectivity index is 1.53. The molecule has 0 bridgehead atoms. The minimum atomic E-state index is -1.37. The molecule has 0 radical (unpaired) electrons. The number of unbranched alkanes of at least 4 members (excludes halogenated alkanes) is 2. The molecule has 0 heterocycles. The average molecular weight is 585 g/mol. The summed E-state index contributed by atoms with van der Waals surface area (Å²) >= 11 is 0. The Bertz CT molecular complexity index is 1390. The van der Waals surface area contributed by atoms with Crippen molar-refractivity contribution in [3.05, 3.63) is 107 Å². The molecule has 0 amide bonds. The number of hydrogen-bond acceptors (Lipinski definition) is 5. The van der Waals surface area contributed by atoms with Gasteiger partial charge in [0.05, 0.1) is 24.4 Å². The van der Waals surface area contributed by atoms with Crippen LogP contribution in [0, 0.1) is 5.92 Å². The first-order valence-corrected chi connectivity index (χ1v) is 15.5. The predicted octanol–water partition coefficient (Wildman–Crippen LogP) is 7.90. The highest BCUT2D eigenvalue weighted by molar-refractivity contribution is 5.89. The van der Waals surface area contributed by atoms with E-state index >= 15 is 0 Å². The zero-order chi connectivity index (χ0) is 31.4. The summed E-state index contributed by atoms with van der Waals surface area (Å²) in [5.41, 5.74) is 4.13. The van der Waals surface area contributed by atoms with E-state index in [2.05, 4.69) is 80.7 Å². The van der Waals surface area contributed by atoms with Crippen LogP contribution >= 0.6 is 0 Å². The Kier molecular flexibility index (Phi) is 12.8. The molecule has 0 saturated heterocycles. The number of esters is 2. The maximum Gasteiger partial charge on any atom is 0.336 e. The van der Waals surface area contributed by atoms with Crippen LogP contribution in [-0.2, 0) is 44.7 Å². The van der Waals surface area contributed by atoms with Crippen molar-refractivity contribution in [1.29, 1.82) is 0 Å². The molecule has 1 N–H and O–H groups in total. The number of hydrogen-bond donors (Lipinski definition) is 1. The van der Waals surface area contributed by atoms with Gasteiger partial charge in [0.25, 0.3) is 0 Å². The smallest absolute Gasteiger partial charge is 0.336 e. The van der Waals surface area contributed by atoms with Gasteiger partial charge >= 0.3 is 11.9 Å². The molecule has 43 heavy (non-hydrogen) atoms. The summed E-state index contributed by atoms with van der Waals surface area (Å²) in [6.45, 7) is 14.2. The summed E-state index contributed by atoms with van der Waals surface area (Å²) in [5, 5.41) is 12.6. The third-order valence-corrected chi connectivity index (χ3v) is 7.84. The Hall–Kier alpha value is -3.70. The van der Waals surface area contributed by atoms with Gasteiger partial charge in [0.2, 0.25) is 0 Å². The van der Waals surface area contributed by atoms with E-state index in [4.69, 9.17) is 9.47 Å². The molecule has 0 saturated carbocycles. The molecule has 5 heteroatoms. The quantitative estimate of drug-likeness (QED) is 0.0992. The molecule has 0 fully saturated rings. The second kappa shape index (κ2) is 16.2. The van der Waals surface area contributed by atoms with Crippen LogP contribution in [-0.4, -0.2) is 35.9 Å². The summed E-state index contributed by atoms with van der Waals surface area (Å²) in [7, 11) is 0. The molecular formula is C38H48O5. The van der Waals surface area contributed by atoms with Crippen LogP contribution in [0.1, 0.15) is 75.6 Å². The van der Waals surface area contributed by atoms with Gasteiger partial charge in [-0.05, 0) is 92.3 Å². The van der Waals surface area contributed by atoms with E-state index in [1.54, 1.807) is 6.92 Å². The number of carbonyl (C=O) groups excluding carboxylic acids is 2.